The highest BCUT2D eigenvalue weighted by atomic mass is 35.5. The lowest BCUT2D eigenvalue weighted by Crippen LogP contribution is -2.20. The third-order valence-corrected chi connectivity index (χ3v) is 3.75. The standard InChI is InChI=1S/C15H13ClFN/c16-13-5-3-6-14(17)12(13)10-18-9-8-11-4-1-2-7-15(11)18/h1-7H,8-10H2. The number of nitrogens with zero attached hydrogens (tertiary/aromatic N) is 1. The highest BCUT2D eigenvalue weighted by Crippen LogP contribution is 2.30. The fourth-order valence-electron chi connectivity index (χ4n) is 2.45. The van der Waals surface area contributed by atoms with Gasteiger partial charge in [-0.2, -0.15) is 0 Å². The zero-order valence-corrected chi connectivity index (χ0v) is 10.6. The summed E-state index contributed by atoms with van der Waals surface area (Å²) in [5, 5.41) is 0.499. The number of halogens is 2. The van der Waals surface area contributed by atoms with Gasteiger partial charge in [-0.05, 0) is 30.2 Å². The molecule has 0 aliphatic carbocycles. The zero-order chi connectivity index (χ0) is 12.5. The normalized spacial score (nSPS) is 13.8. The van der Waals surface area contributed by atoms with Gasteiger partial charge in [0.15, 0.2) is 0 Å². The summed E-state index contributed by atoms with van der Waals surface area (Å²) in [6, 6.07) is 13.1. The molecule has 1 heterocycles. The quantitative estimate of drug-likeness (QED) is 0.789. The zero-order valence-electron chi connectivity index (χ0n) is 9.87. The van der Waals surface area contributed by atoms with Crippen molar-refractivity contribution in [2.24, 2.45) is 0 Å². The first-order valence-corrected chi connectivity index (χ1v) is 6.39. The number of para-hydroxylation sites is 1. The molecule has 0 atom stereocenters. The Balaban J connectivity index is 1.91. The Kier molecular flexibility index (Phi) is 2.96. The molecule has 0 saturated carbocycles. The Bertz CT molecular complexity index is 562. The molecule has 2 aromatic carbocycles. The van der Waals surface area contributed by atoms with Crippen LogP contribution in [0.3, 0.4) is 0 Å². The topological polar surface area (TPSA) is 3.24 Å². The number of fused-ring (bicyclic) bond motifs is 1. The molecule has 18 heavy (non-hydrogen) atoms. The van der Waals surface area contributed by atoms with E-state index in [-0.39, 0.29) is 5.82 Å². The summed E-state index contributed by atoms with van der Waals surface area (Å²) in [6.07, 6.45) is 1.02. The molecular formula is C15H13ClFN. The van der Waals surface area contributed by atoms with E-state index in [0.717, 1.165) is 13.0 Å². The Morgan fingerprint density at radius 1 is 1.11 bits per heavy atom. The van der Waals surface area contributed by atoms with Crippen molar-refractivity contribution in [3.63, 3.8) is 0 Å². The van der Waals surface area contributed by atoms with Gasteiger partial charge in [-0.15, -0.1) is 0 Å². The van der Waals surface area contributed by atoms with Crippen molar-refractivity contribution in [3.8, 4) is 0 Å². The van der Waals surface area contributed by atoms with Crippen molar-refractivity contribution in [3.05, 3.63) is 64.4 Å². The van der Waals surface area contributed by atoms with Crippen molar-refractivity contribution >= 4 is 17.3 Å². The molecule has 3 rings (SSSR count). The minimum Gasteiger partial charge on any atom is -0.366 e. The van der Waals surface area contributed by atoms with Gasteiger partial charge in [-0.1, -0.05) is 35.9 Å². The highest BCUT2D eigenvalue weighted by molar-refractivity contribution is 6.31. The summed E-state index contributed by atoms with van der Waals surface area (Å²) in [5.74, 6) is -0.230. The number of hydrogen-bond acceptors (Lipinski definition) is 1. The number of benzene rings is 2. The first-order chi connectivity index (χ1) is 8.75. The third kappa shape index (κ3) is 1.97. The van der Waals surface area contributed by atoms with E-state index >= 15 is 0 Å². The van der Waals surface area contributed by atoms with Crippen LogP contribution in [0.4, 0.5) is 10.1 Å². The van der Waals surface area contributed by atoms with Gasteiger partial charge in [0.25, 0.3) is 0 Å². The Morgan fingerprint density at radius 3 is 2.78 bits per heavy atom. The molecule has 0 unspecified atom stereocenters. The van der Waals surface area contributed by atoms with Gasteiger partial charge in [0.05, 0.1) is 0 Å². The third-order valence-electron chi connectivity index (χ3n) is 3.39. The highest BCUT2D eigenvalue weighted by Gasteiger charge is 2.20. The van der Waals surface area contributed by atoms with E-state index in [0.29, 0.717) is 17.1 Å². The maximum Gasteiger partial charge on any atom is 0.129 e. The van der Waals surface area contributed by atoms with Crippen LogP contribution in [0.2, 0.25) is 5.02 Å². The summed E-state index contributed by atoms with van der Waals surface area (Å²) in [7, 11) is 0. The van der Waals surface area contributed by atoms with Gasteiger partial charge in [0.1, 0.15) is 5.82 Å². The molecule has 0 aromatic heterocycles. The first-order valence-electron chi connectivity index (χ1n) is 6.01. The molecule has 0 amide bonds. The monoisotopic (exact) mass is 261 g/mol. The van der Waals surface area contributed by atoms with Crippen molar-refractivity contribution < 1.29 is 4.39 Å². The second-order valence-corrected chi connectivity index (χ2v) is 4.91. The van der Waals surface area contributed by atoms with Gasteiger partial charge < -0.3 is 4.90 Å². The van der Waals surface area contributed by atoms with Crippen LogP contribution in [-0.4, -0.2) is 6.54 Å². The molecule has 1 aliphatic rings. The van der Waals surface area contributed by atoms with Crippen molar-refractivity contribution in [2.45, 2.75) is 13.0 Å². The fraction of sp³-hybridized carbons (Fsp3) is 0.200. The van der Waals surface area contributed by atoms with Crippen molar-refractivity contribution in [1.82, 2.24) is 0 Å². The largest absolute Gasteiger partial charge is 0.366 e. The molecule has 0 bridgehead atoms. The molecule has 92 valence electrons. The van der Waals surface area contributed by atoms with Crippen LogP contribution in [0.15, 0.2) is 42.5 Å². The predicted molar refractivity (Wildman–Crippen MR) is 72.6 cm³/mol. The van der Waals surface area contributed by atoms with E-state index in [1.165, 1.54) is 17.3 Å². The number of hydrogen-bond donors (Lipinski definition) is 0. The van der Waals surface area contributed by atoms with Crippen molar-refractivity contribution in [2.75, 3.05) is 11.4 Å². The van der Waals surface area contributed by atoms with Crippen LogP contribution in [0.25, 0.3) is 0 Å². The van der Waals surface area contributed by atoms with E-state index < -0.39 is 0 Å². The SMILES string of the molecule is Fc1cccc(Cl)c1CN1CCc2ccccc21. The Hall–Kier alpha value is -1.54. The van der Waals surface area contributed by atoms with Gasteiger partial charge in [-0.25, -0.2) is 4.39 Å². The molecule has 1 nitrogen and oxygen atoms in total. The summed E-state index contributed by atoms with van der Waals surface area (Å²) in [6.45, 7) is 1.45. The van der Waals surface area contributed by atoms with Crippen LogP contribution >= 0.6 is 11.6 Å². The van der Waals surface area contributed by atoms with Gasteiger partial charge in [0.2, 0.25) is 0 Å². The number of anilines is 1. The maximum absolute atomic E-state index is 13.8. The summed E-state index contributed by atoms with van der Waals surface area (Å²) in [5.41, 5.74) is 3.10. The molecule has 1 aliphatic heterocycles. The van der Waals surface area contributed by atoms with E-state index in [1.807, 2.05) is 12.1 Å². The summed E-state index contributed by atoms with van der Waals surface area (Å²) >= 11 is 6.07. The average molecular weight is 262 g/mol. The molecule has 0 fully saturated rings. The molecule has 3 heteroatoms. The van der Waals surface area contributed by atoms with Gasteiger partial charge in [-0.3, -0.25) is 0 Å². The molecule has 2 aromatic rings. The van der Waals surface area contributed by atoms with E-state index in [1.54, 1.807) is 12.1 Å². The van der Waals surface area contributed by atoms with Crippen LogP contribution < -0.4 is 4.90 Å². The smallest absolute Gasteiger partial charge is 0.129 e. The van der Waals surface area contributed by atoms with Crippen LogP contribution in [0.5, 0.6) is 0 Å². The molecule has 0 spiro atoms. The lowest BCUT2D eigenvalue weighted by molar-refractivity contribution is 0.606. The second-order valence-electron chi connectivity index (χ2n) is 4.50. The average Bonchev–Trinajstić information content (AvgIpc) is 2.77. The predicted octanol–water partition coefficient (Wildman–Crippen LogP) is 4.04. The molecule has 0 N–H and O–H groups in total. The van der Waals surface area contributed by atoms with Gasteiger partial charge >= 0.3 is 0 Å². The summed E-state index contributed by atoms with van der Waals surface area (Å²) in [4.78, 5) is 2.18. The first kappa shape index (κ1) is 11.5. The van der Waals surface area contributed by atoms with Crippen molar-refractivity contribution in [1.29, 1.82) is 0 Å². The van der Waals surface area contributed by atoms with Gasteiger partial charge in [0, 0.05) is 29.4 Å². The fourth-order valence-corrected chi connectivity index (χ4v) is 2.67. The minimum atomic E-state index is -0.230. The molecule has 0 radical (unpaired) electrons. The molecule has 0 saturated heterocycles. The van der Waals surface area contributed by atoms with Crippen LogP contribution in [0.1, 0.15) is 11.1 Å². The van der Waals surface area contributed by atoms with E-state index in [2.05, 4.69) is 17.0 Å². The number of rotatable bonds is 2. The second kappa shape index (κ2) is 4.62. The van der Waals surface area contributed by atoms with E-state index in [4.69, 9.17) is 11.6 Å². The van der Waals surface area contributed by atoms with Crippen LogP contribution in [0, 0.1) is 5.82 Å². The minimum absolute atomic E-state index is 0.230. The lowest BCUT2D eigenvalue weighted by atomic mass is 10.1. The maximum atomic E-state index is 13.8. The molecular weight excluding hydrogens is 249 g/mol. The Morgan fingerprint density at radius 2 is 1.94 bits per heavy atom. The summed E-state index contributed by atoms with van der Waals surface area (Å²) < 4.78 is 13.8. The Labute approximate surface area is 111 Å². The lowest BCUT2D eigenvalue weighted by Gasteiger charge is -2.20. The van der Waals surface area contributed by atoms with E-state index in [9.17, 15) is 4.39 Å². The van der Waals surface area contributed by atoms with Crippen LogP contribution in [-0.2, 0) is 13.0 Å².